The lowest BCUT2D eigenvalue weighted by Gasteiger charge is -2.19. The Morgan fingerprint density at radius 2 is 1.20 bits per heavy atom. The lowest BCUT2D eigenvalue weighted by Crippen LogP contribution is -2.29. The van der Waals surface area contributed by atoms with E-state index in [1.165, 1.54) is 44.9 Å². The number of hydrogen-bond donors (Lipinski definition) is 2. The standard InChI is InChI=1S/C43H74NO9P/c1-3-5-7-9-11-13-14-15-16-17-18-20-22-24-29-33-42(45)49-37-39(38-51-54(47,48)50-36-35-44)52-43(46)34-30-26-25-28-32-41-40(53-41)31-27-23-21-19-12-10-8-6-4-2/h6,8,12,15-16,19,23,25,27-28,39-41H,3-5,7,9-11,13-14,17-18,20-22,24,26,29-38,44H2,1-2H3,(H,47,48)/b8-6-,16-15-,19-12-,27-23-,28-25-. The molecule has 1 rings (SSSR count). The van der Waals surface area contributed by atoms with Crippen LogP contribution in [0.4, 0.5) is 0 Å². The Balaban J connectivity index is 2.26. The topological polar surface area (TPSA) is 147 Å². The molecule has 0 saturated carbocycles. The minimum absolute atomic E-state index is 0.0379. The molecule has 0 spiro atoms. The smallest absolute Gasteiger partial charge is 0.462 e. The largest absolute Gasteiger partial charge is 0.472 e. The molecule has 0 aromatic rings. The number of unbranched alkanes of at least 4 members (excludes halogenated alkanes) is 12. The van der Waals surface area contributed by atoms with Gasteiger partial charge < -0.3 is 24.8 Å². The number of esters is 2. The van der Waals surface area contributed by atoms with Gasteiger partial charge in [0.1, 0.15) is 6.61 Å². The van der Waals surface area contributed by atoms with Gasteiger partial charge in [-0.15, -0.1) is 0 Å². The summed E-state index contributed by atoms with van der Waals surface area (Å²) in [6, 6.07) is 0. The summed E-state index contributed by atoms with van der Waals surface area (Å²) in [5.74, 6) is -0.919. The summed E-state index contributed by atoms with van der Waals surface area (Å²) < 4.78 is 38.4. The van der Waals surface area contributed by atoms with Crippen molar-refractivity contribution < 1.29 is 42.3 Å². The maximum absolute atomic E-state index is 12.6. The molecule has 1 aliphatic rings. The minimum atomic E-state index is -4.40. The Kier molecular flexibility index (Phi) is 32.3. The minimum Gasteiger partial charge on any atom is -0.462 e. The number of nitrogens with two attached hydrogens (primary N) is 1. The van der Waals surface area contributed by atoms with Crippen molar-refractivity contribution in [2.75, 3.05) is 26.4 Å². The average Bonchev–Trinajstić information content (AvgIpc) is 3.91. The molecule has 1 saturated heterocycles. The summed E-state index contributed by atoms with van der Waals surface area (Å²) in [5, 5.41) is 0. The number of rotatable bonds is 37. The summed E-state index contributed by atoms with van der Waals surface area (Å²) in [4.78, 5) is 34.9. The van der Waals surface area contributed by atoms with Crippen molar-refractivity contribution in [1.29, 1.82) is 0 Å². The molecule has 11 heteroatoms. The van der Waals surface area contributed by atoms with E-state index in [0.717, 1.165) is 64.2 Å². The number of phosphoric acid groups is 1. The first-order valence-corrected chi connectivity index (χ1v) is 22.4. The normalized spacial score (nSPS) is 17.7. The summed E-state index contributed by atoms with van der Waals surface area (Å²) in [7, 11) is -4.40. The van der Waals surface area contributed by atoms with Crippen LogP contribution in [0.15, 0.2) is 60.8 Å². The molecule has 0 bridgehead atoms. The molecule has 310 valence electrons. The quantitative estimate of drug-likeness (QED) is 0.0205. The summed E-state index contributed by atoms with van der Waals surface area (Å²) in [6.07, 6.45) is 42.8. The van der Waals surface area contributed by atoms with Gasteiger partial charge in [0.15, 0.2) is 6.10 Å². The zero-order valence-corrected chi connectivity index (χ0v) is 34.5. The van der Waals surface area contributed by atoms with Crippen LogP contribution in [0.1, 0.15) is 155 Å². The SMILES string of the molecule is CC/C=C\C/C=C\C/C=C\CC1OC1C/C=C\CCCC(=O)OC(COC(=O)CCCCCCC/C=C\CCCCCCCC)COP(=O)(O)OCCN. The third kappa shape index (κ3) is 32.0. The number of epoxide rings is 1. The van der Waals surface area contributed by atoms with E-state index < -0.39 is 32.5 Å². The average molecular weight is 780 g/mol. The Hall–Kier alpha value is -2.33. The van der Waals surface area contributed by atoms with E-state index in [9.17, 15) is 19.0 Å². The van der Waals surface area contributed by atoms with Gasteiger partial charge >= 0.3 is 19.8 Å². The van der Waals surface area contributed by atoms with Crippen LogP contribution < -0.4 is 5.73 Å². The second kappa shape index (κ2) is 35.1. The molecular weight excluding hydrogens is 705 g/mol. The van der Waals surface area contributed by atoms with Gasteiger partial charge in [-0.2, -0.15) is 0 Å². The monoisotopic (exact) mass is 780 g/mol. The number of carbonyl (C=O) groups excluding carboxylic acids is 2. The maximum atomic E-state index is 12.6. The van der Waals surface area contributed by atoms with E-state index in [2.05, 4.69) is 68.5 Å². The Morgan fingerprint density at radius 3 is 1.85 bits per heavy atom. The van der Waals surface area contributed by atoms with Gasteiger partial charge in [-0.05, 0) is 77.0 Å². The van der Waals surface area contributed by atoms with Crippen LogP contribution in [0.25, 0.3) is 0 Å². The van der Waals surface area contributed by atoms with E-state index in [1.54, 1.807) is 0 Å². The summed E-state index contributed by atoms with van der Waals surface area (Å²) >= 11 is 0. The number of carbonyl (C=O) groups is 2. The van der Waals surface area contributed by atoms with Crippen LogP contribution in [0.5, 0.6) is 0 Å². The van der Waals surface area contributed by atoms with Crippen molar-refractivity contribution in [2.24, 2.45) is 5.73 Å². The molecule has 0 amide bonds. The van der Waals surface area contributed by atoms with Crippen LogP contribution in [-0.4, -0.2) is 61.5 Å². The fourth-order valence-electron chi connectivity index (χ4n) is 5.59. The number of phosphoric ester groups is 1. The van der Waals surface area contributed by atoms with Gasteiger partial charge in [0.05, 0.1) is 25.4 Å². The Labute approximate surface area is 327 Å². The predicted octanol–water partition coefficient (Wildman–Crippen LogP) is 10.7. The van der Waals surface area contributed by atoms with Gasteiger partial charge in [0.2, 0.25) is 0 Å². The molecule has 1 aliphatic heterocycles. The van der Waals surface area contributed by atoms with E-state index in [4.69, 9.17) is 29.0 Å². The number of allylic oxidation sites excluding steroid dienone is 8. The number of ether oxygens (including phenoxy) is 3. The molecule has 0 aromatic heterocycles. The highest BCUT2D eigenvalue weighted by molar-refractivity contribution is 7.47. The maximum Gasteiger partial charge on any atom is 0.472 e. The van der Waals surface area contributed by atoms with Gasteiger partial charge in [0.25, 0.3) is 0 Å². The van der Waals surface area contributed by atoms with Crippen molar-refractivity contribution in [3.63, 3.8) is 0 Å². The van der Waals surface area contributed by atoms with E-state index >= 15 is 0 Å². The van der Waals surface area contributed by atoms with Crippen LogP contribution in [0.3, 0.4) is 0 Å². The van der Waals surface area contributed by atoms with Gasteiger partial charge in [0, 0.05) is 19.4 Å². The van der Waals surface area contributed by atoms with Gasteiger partial charge in [-0.1, -0.05) is 126 Å². The van der Waals surface area contributed by atoms with Crippen molar-refractivity contribution >= 4 is 19.8 Å². The fraction of sp³-hybridized carbons (Fsp3) is 0.721. The van der Waals surface area contributed by atoms with Crippen LogP contribution >= 0.6 is 7.82 Å². The molecule has 10 nitrogen and oxygen atoms in total. The van der Waals surface area contributed by atoms with Gasteiger partial charge in [-0.25, -0.2) is 4.57 Å². The van der Waals surface area contributed by atoms with E-state index in [-0.39, 0.29) is 44.8 Å². The predicted molar refractivity (Wildman–Crippen MR) is 219 cm³/mol. The summed E-state index contributed by atoms with van der Waals surface area (Å²) in [6.45, 7) is 3.50. The molecule has 54 heavy (non-hydrogen) atoms. The highest BCUT2D eigenvalue weighted by Crippen LogP contribution is 2.43. The van der Waals surface area contributed by atoms with E-state index in [0.29, 0.717) is 19.3 Å². The zero-order valence-electron chi connectivity index (χ0n) is 33.6. The van der Waals surface area contributed by atoms with Crippen molar-refractivity contribution in [2.45, 2.75) is 173 Å². The van der Waals surface area contributed by atoms with Gasteiger partial charge in [-0.3, -0.25) is 18.6 Å². The van der Waals surface area contributed by atoms with Crippen molar-refractivity contribution in [3.05, 3.63) is 60.8 Å². The van der Waals surface area contributed by atoms with Crippen LogP contribution in [-0.2, 0) is 37.4 Å². The molecular formula is C43H74NO9P. The summed E-state index contributed by atoms with van der Waals surface area (Å²) in [5.41, 5.74) is 5.34. The molecule has 0 aromatic carbocycles. The first kappa shape index (κ1) is 49.7. The molecule has 1 heterocycles. The first-order chi connectivity index (χ1) is 26.3. The second-order valence-electron chi connectivity index (χ2n) is 13.9. The first-order valence-electron chi connectivity index (χ1n) is 20.9. The molecule has 0 radical (unpaired) electrons. The van der Waals surface area contributed by atoms with Crippen molar-refractivity contribution in [1.82, 2.24) is 0 Å². The molecule has 0 aliphatic carbocycles. The van der Waals surface area contributed by atoms with Crippen LogP contribution in [0, 0.1) is 0 Å². The molecule has 4 atom stereocenters. The lowest BCUT2D eigenvalue weighted by atomic mass is 10.1. The zero-order chi connectivity index (χ0) is 39.4. The lowest BCUT2D eigenvalue weighted by molar-refractivity contribution is -0.161. The number of hydrogen-bond acceptors (Lipinski definition) is 9. The Morgan fingerprint density at radius 1 is 0.667 bits per heavy atom. The van der Waals surface area contributed by atoms with Crippen molar-refractivity contribution in [3.8, 4) is 0 Å². The third-order valence-corrected chi connectivity index (χ3v) is 9.77. The molecule has 4 unspecified atom stereocenters. The third-order valence-electron chi connectivity index (χ3n) is 8.79. The van der Waals surface area contributed by atoms with Crippen LogP contribution in [0.2, 0.25) is 0 Å². The fourth-order valence-corrected chi connectivity index (χ4v) is 6.35. The van der Waals surface area contributed by atoms with E-state index in [1.807, 2.05) is 6.08 Å². The molecule has 3 N–H and O–H groups in total. The highest BCUT2D eigenvalue weighted by atomic mass is 31.2. The second-order valence-corrected chi connectivity index (χ2v) is 15.3. The highest BCUT2D eigenvalue weighted by Gasteiger charge is 2.36. The molecule has 1 fully saturated rings. The Bertz CT molecular complexity index is 1140.